The van der Waals surface area contributed by atoms with E-state index in [0.29, 0.717) is 0 Å². The first-order chi connectivity index (χ1) is 10.3. The zero-order chi connectivity index (χ0) is 16.1. The van der Waals surface area contributed by atoms with E-state index in [9.17, 15) is 9.36 Å². The van der Waals surface area contributed by atoms with E-state index >= 15 is 4.39 Å². The Labute approximate surface area is 124 Å². The van der Waals surface area contributed by atoms with Crippen molar-refractivity contribution in [2.45, 2.75) is 31.0 Å². The number of hydrogen-bond donors (Lipinski definition) is 1. The minimum absolute atomic E-state index is 0.0145. The van der Waals surface area contributed by atoms with Crippen LogP contribution in [0.4, 0.5) is 10.2 Å². The summed E-state index contributed by atoms with van der Waals surface area (Å²) in [6.07, 6.45) is -2.07. The lowest BCUT2D eigenvalue weighted by Crippen LogP contribution is -2.46. The normalized spacial score (nSPS) is 41.3. The van der Waals surface area contributed by atoms with Gasteiger partial charge in [0.05, 0.1) is 6.61 Å². The highest BCUT2D eigenvalue weighted by atomic mass is 31.2. The number of rotatable bonds is 2. The summed E-state index contributed by atoms with van der Waals surface area (Å²) < 4.78 is 48.4. The summed E-state index contributed by atoms with van der Waals surface area (Å²) in [6.45, 7) is 1.01. The maximum atomic E-state index is 15.2. The van der Waals surface area contributed by atoms with E-state index in [1.807, 2.05) is 0 Å². The van der Waals surface area contributed by atoms with Crippen molar-refractivity contribution < 1.29 is 27.3 Å². The summed E-state index contributed by atoms with van der Waals surface area (Å²) in [7, 11) is -2.69. The predicted molar refractivity (Wildman–Crippen MR) is 71.8 cm³/mol. The molecule has 2 N–H and O–H groups in total. The Morgan fingerprint density at radius 3 is 3.00 bits per heavy atom. The summed E-state index contributed by atoms with van der Waals surface area (Å²) in [4.78, 5) is 15.4. The van der Waals surface area contributed by atoms with Gasteiger partial charge in [-0.3, -0.25) is 18.1 Å². The third-order valence-corrected chi connectivity index (χ3v) is 5.05. The highest BCUT2D eigenvalue weighted by molar-refractivity contribution is 7.48. The number of nitrogens with zero attached hydrogens (tertiary/aromatic N) is 2. The Morgan fingerprint density at radius 2 is 2.36 bits per heavy atom. The summed E-state index contributed by atoms with van der Waals surface area (Å²) in [5.41, 5.74) is 2.50. The lowest BCUT2D eigenvalue weighted by atomic mass is 9.98. The van der Waals surface area contributed by atoms with Crippen LogP contribution in [-0.4, -0.2) is 41.1 Å². The van der Waals surface area contributed by atoms with Gasteiger partial charge in [0.1, 0.15) is 18.0 Å². The lowest BCUT2D eigenvalue weighted by Gasteiger charge is -2.33. The highest BCUT2D eigenvalue weighted by Crippen LogP contribution is 2.58. The maximum absolute atomic E-state index is 15.2. The van der Waals surface area contributed by atoms with Gasteiger partial charge in [-0.05, 0) is 13.0 Å². The maximum Gasteiger partial charge on any atom is 0.475 e. The van der Waals surface area contributed by atoms with E-state index in [-0.39, 0.29) is 12.4 Å². The summed E-state index contributed by atoms with van der Waals surface area (Å²) in [6, 6.07) is 1.35. The van der Waals surface area contributed by atoms with Crippen LogP contribution in [0.3, 0.4) is 0 Å². The summed E-state index contributed by atoms with van der Waals surface area (Å²) in [5, 5.41) is 0. The van der Waals surface area contributed by atoms with Crippen LogP contribution in [0.25, 0.3) is 0 Å². The van der Waals surface area contributed by atoms with Crippen molar-refractivity contribution in [1.82, 2.24) is 9.55 Å². The minimum atomic E-state index is -3.83. The number of phosphoric acid groups is 1. The molecule has 0 saturated carbocycles. The van der Waals surface area contributed by atoms with Crippen LogP contribution >= 0.6 is 7.82 Å². The number of alkyl halides is 1. The summed E-state index contributed by atoms with van der Waals surface area (Å²) in [5.74, 6) is 0.0145. The fourth-order valence-electron chi connectivity index (χ4n) is 2.54. The van der Waals surface area contributed by atoms with Crippen LogP contribution in [-0.2, 0) is 22.9 Å². The van der Waals surface area contributed by atoms with Gasteiger partial charge >= 0.3 is 13.5 Å². The van der Waals surface area contributed by atoms with Crippen molar-refractivity contribution in [3.63, 3.8) is 0 Å². The number of nitrogens with two attached hydrogens (primary N) is 1. The zero-order valence-corrected chi connectivity index (χ0v) is 12.7. The van der Waals surface area contributed by atoms with Crippen LogP contribution < -0.4 is 11.4 Å². The van der Waals surface area contributed by atoms with Crippen molar-refractivity contribution >= 4 is 13.6 Å². The quantitative estimate of drug-likeness (QED) is 0.782. The Hall–Kier alpha value is -1.32. The molecule has 1 unspecified atom stereocenters. The topological polar surface area (TPSA) is 115 Å². The van der Waals surface area contributed by atoms with Gasteiger partial charge in [-0.1, -0.05) is 0 Å². The van der Waals surface area contributed by atoms with Gasteiger partial charge in [-0.2, -0.15) is 4.98 Å². The Balaban J connectivity index is 1.96. The predicted octanol–water partition coefficient (Wildman–Crippen LogP) is 0.621. The molecule has 1 aromatic heterocycles. The molecule has 0 amide bonds. The molecule has 3 heterocycles. The molecular formula is C11H15FN3O6P. The van der Waals surface area contributed by atoms with Crippen LogP contribution in [0.2, 0.25) is 0 Å². The third kappa shape index (κ3) is 2.37. The van der Waals surface area contributed by atoms with Crippen molar-refractivity contribution in [2.24, 2.45) is 0 Å². The molecule has 11 heteroatoms. The molecule has 0 radical (unpaired) electrons. The molecular weight excluding hydrogens is 320 g/mol. The number of ether oxygens (including phenoxy) is 1. The van der Waals surface area contributed by atoms with E-state index in [0.717, 1.165) is 11.7 Å². The van der Waals surface area contributed by atoms with Crippen molar-refractivity contribution in [3.05, 3.63) is 22.7 Å². The Bertz CT molecular complexity index is 695. The van der Waals surface area contributed by atoms with Gasteiger partial charge in [-0.15, -0.1) is 0 Å². The first kappa shape index (κ1) is 15.6. The van der Waals surface area contributed by atoms with Crippen LogP contribution in [0, 0.1) is 0 Å². The van der Waals surface area contributed by atoms with Gasteiger partial charge in [0.2, 0.25) is 0 Å². The van der Waals surface area contributed by atoms with Crippen molar-refractivity contribution in [3.8, 4) is 0 Å². The number of aromatic nitrogens is 2. The number of hydrogen-bond acceptors (Lipinski definition) is 8. The third-order valence-electron chi connectivity index (χ3n) is 3.65. The molecule has 2 aliphatic heterocycles. The van der Waals surface area contributed by atoms with Gasteiger partial charge in [-0.25, -0.2) is 13.8 Å². The first-order valence-electron chi connectivity index (χ1n) is 6.44. The lowest BCUT2D eigenvalue weighted by molar-refractivity contribution is -0.0707. The van der Waals surface area contributed by atoms with Crippen molar-refractivity contribution in [2.75, 3.05) is 19.5 Å². The number of fused-ring (bicyclic) bond motifs is 1. The molecule has 122 valence electrons. The molecule has 2 saturated heterocycles. The molecule has 2 aliphatic rings. The fraction of sp³-hybridized carbons (Fsp3) is 0.636. The largest absolute Gasteiger partial charge is 0.475 e. The standard InChI is InChI=1S/C11H15FN3O6P/c1-11(12)8-6(5-19-22(17,18-2)21-8)20-9(11)15-4-3-7(13)14-10(15)16/h3-4,6,8-9H,5H2,1-2H3,(H2,13,14,16)/t6-,8-,9-,11-,22?/m1/s1. The van der Waals surface area contributed by atoms with Crippen LogP contribution in [0.1, 0.15) is 13.2 Å². The fourth-order valence-corrected chi connectivity index (χ4v) is 3.75. The molecule has 0 bridgehead atoms. The molecule has 0 spiro atoms. The second-order valence-electron chi connectivity index (χ2n) is 5.17. The van der Waals surface area contributed by atoms with Gasteiger partial charge in [0.25, 0.3) is 0 Å². The molecule has 1 aromatic rings. The monoisotopic (exact) mass is 335 g/mol. The average molecular weight is 335 g/mol. The van der Waals surface area contributed by atoms with Crippen LogP contribution in [0.15, 0.2) is 17.1 Å². The zero-order valence-electron chi connectivity index (χ0n) is 11.8. The second-order valence-corrected chi connectivity index (χ2v) is 6.90. The SMILES string of the molecule is COP1(=O)OC[C@H]2O[C@@H](n3ccc(N)nc3=O)[C@](C)(F)[C@@H]2O1. The van der Waals surface area contributed by atoms with E-state index in [4.69, 9.17) is 19.5 Å². The smallest absolute Gasteiger partial charge is 0.383 e. The second kappa shape index (κ2) is 5.10. The molecule has 3 rings (SSSR count). The molecule has 9 nitrogen and oxygen atoms in total. The molecule has 5 atom stereocenters. The number of phosphoric ester groups is 1. The van der Waals surface area contributed by atoms with E-state index in [2.05, 4.69) is 9.51 Å². The Kier molecular flexibility index (Phi) is 3.61. The Morgan fingerprint density at radius 1 is 1.64 bits per heavy atom. The van der Waals surface area contributed by atoms with E-state index < -0.39 is 37.6 Å². The van der Waals surface area contributed by atoms with E-state index in [1.54, 1.807) is 0 Å². The molecule has 2 fully saturated rings. The minimum Gasteiger partial charge on any atom is -0.383 e. The molecule has 22 heavy (non-hydrogen) atoms. The highest BCUT2D eigenvalue weighted by Gasteiger charge is 2.61. The van der Waals surface area contributed by atoms with Gasteiger partial charge < -0.3 is 10.5 Å². The number of nitrogen functional groups attached to an aromatic ring is 1. The molecule has 0 aromatic carbocycles. The summed E-state index contributed by atoms with van der Waals surface area (Å²) >= 11 is 0. The van der Waals surface area contributed by atoms with Crippen LogP contribution in [0.5, 0.6) is 0 Å². The van der Waals surface area contributed by atoms with E-state index in [1.165, 1.54) is 19.2 Å². The first-order valence-corrected chi connectivity index (χ1v) is 7.90. The van der Waals surface area contributed by atoms with Gasteiger partial charge in [0.15, 0.2) is 11.9 Å². The number of halogens is 1. The van der Waals surface area contributed by atoms with Gasteiger partial charge in [0, 0.05) is 13.3 Å². The number of anilines is 1. The molecule has 0 aliphatic carbocycles. The average Bonchev–Trinajstić information content (AvgIpc) is 2.71. The van der Waals surface area contributed by atoms with Crippen molar-refractivity contribution in [1.29, 1.82) is 0 Å².